The van der Waals surface area contributed by atoms with E-state index in [1.807, 2.05) is 11.8 Å². The molecule has 0 atom stereocenters. The summed E-state index contributed by atoms with van der Waals surface area (Å²) in [5.41, 5.74) is 1.54. The molecule has 0 saturated heterocycles. The number of nitrogens with one attached hydrogen (secondary N) is 1. The van der Waals surface area contributed by atoms with Gasteiger partial charge in [-0.3, -0.25) is 0 Å². The van der Waals surface area contributed by atoms with Crippen LogP contribution in [0.3, 0.4) is 0 Å². The molecule has 0 unspecified atom stereocenters. The molecule has 0 amide bonds. The smallest absolute Gasteiger partial charge is 0.00674 e. The molecule has 0 aliphatic heterocycles. The minimum Gasteiger partial charge on any atom is -0.314 e. The maximum Gasteiger partial charge on any atom is 0.00674 e. The van der Waals surface area contributed by atoms with Crippen molar-refractivity contribution in [2.75, 3.05) is 18.6 Å². The molecule has 2 rings (SSSR count). The lowest BCUT2D eigenvalue weighted by Gasteiger charge is -2.29. The normalized spacial score (nSPS) is 23.4. The van der Waals surface area contributed by atoms with Gasteiger partial charge in [-0.25, -0.2) is 0 Å². The second-order valence-corrected chi connectivity index (χ2v) is 6.60. The van der Waals surface area contributed by atoms with Gasteiger partial charge in [-0.2, -0.15) is 11.8 Å². The van der Waals surface area contributed by atoms with Crippen LogP contribution < -0.4 is 5.32 Å². The molecule has 1 nitrogen and oxygen atoms in total. The molecule has 0 bridgehead atoms. The van der Waals surface area contributed by atoms with Crippen molar-refractivity contribution in [3.05, 3.63) is 35.9 Å². The highest BCUT2D eigenvalue weighted by atomic mass is 32.2. The van der Waals surface area contributed by atoms with Crippen LogP contribution in [-0.2, 0) is 0 Å². The number of hydrogen-bond acceptors (Lipinski definition) is 2. The minimum atomic E-state index is 0.772. The lowest BCUT2D eigenvalue weighted by atomic mass is 9.82. The van der Waals surface area contributed by atoms with Gasteiger partial charge in [0, 0.05) is 6.04 Å². The van der Waals surface area contributed by atoms with Crippen LogP contribution in [0.15, 0.2) is 30.3 Å². The molecule has 1 aromatic rings. The Morgan fingerprint density at radius 2 is 1.79 bits per heavy atom. The average Bonchev–Trinajstić information content (AvgIpc) is 2.49. The van der Waals surface area contributed by atoms with E-state index in [0.29, 0.717) is 0 Å². The van der Waals surface area contributed by atoms with Crippen molar-refractivity contribution in [3.8, 4) is 0 Å². The topological polar surface area (TPSA) is 12.0 Å². The van der Waals surface area contributed by atoms with Gasteiger partial charge in [-0.1, -0.05) is 30.3 Å². The minimum absolute atomic E-state index is 0.772. The maximum atomic E-state index is 3.74. The Balaban J connectivity index is 1.63. The van der Waals surface area contributed by atoms with E-state index in [4.69, 9.17) is 0 Å². The third-order valence-electron chi connectivity index (χ3n) is 4.21. The summed E-state index contributed by atoms with van der Waals surface area (Å²) < 4.78 is 0. The van der Waals surface area contributed by atoms with Crippen molar-refractivity contribution in [2.24, 2.45) is 0 Å². The Morgan fingerprint density at radius 3 is 2.47 bits per heavy atom. The lowest BCUT2D eigenvalue weighted by molar-refractivity contribution is 0.342. The van der Waals surface area contributed by atoms with E-state index in [-0.39, 0.29) is 0 Å². The van der Waals surface area contributed by atoms with Gasteiger partial charge in [-0.15, -0.1) is 0 Å². The largest absolute Gasteiger partial charge is 0.314 e. The second kappa shape index (κ2) is 8.65. The van der Waals surface area contributed by atoms with Gasteiger partial charge in [0.2, 0.25) is 0 Å². The fourth-order valence-electron chi connectivity index (χ4n) is 3.03. The third-order valence-corrected chi connectivity index (χ3v) is 4.90. The van der Waals surface area contributed by atoms with Crippen molar-refractivity contribution < 1.29 is 0 Å². The van der Waals surface area contributed by atoms with E-state index in [0.717, 1.165) is 12.0 Å². The van der Waals surface area contributed by atoms with Crippen molar-refractivity contribution >= 4 is 11.8 Å². The molecule has 1 aliphatic rings. The van der Waals surface area contributed by atoms with Crippen molar-refractivity contribution in [3.63, 3.8) is 0 Å². The quantitative estimate of drug-likeness (QED) is 0.739. The number of unbranched alkanes of at least 4 members (excludes halogenated alkanes) is 1. The summed E-state index contributed by atoms with van der Waals surface area (Å²) in [5.74, 6) is 2.11. The molecule has 0 aromatic heterocycles. The molecule has 1 aliphatic carbocycles. The van der Waals surface area contributed by atoms with Crippen LogP contribution in [0.4, 0.5) is 0 Å². The summed E-state index contributed by atoms with van der Waals surface area (Å²) in [6.45, 7) is 1.21. The molecule has 106 valence electrons. The maximum absolute atomic E-state index is 3.74. The number of hydrogen-bond donors (Lipinski definition) is 1. The molecule has 0 heterocycles. The highest BCUT2D eigenvalue weighted by molar-refractivity contribution is 7.98. The van der Waals surface area contributed by atoms with Gasteiger partial charge in [0.25, 0.3) is 0 Å². The van der Waals surface area contributed by atoms with Crippen LogP contribution in [0.1, 0.15) is 50.0 Å². The lowest BCUT2D eigenvalue weighted by Crippen LogP contribution is -2.33. The molecule has 1 saturated carbocycles. The zero-order valence-electron chi connectivity index (χ0n) is 12.1. The fraction of sp³-hybridized carbons (Fsp3) is 0.647. The Hall–Kier alpha value is -0.470. The zero-order valence-corrected chi connectivity index (χ0v) is 12.9. The van der Waals surface area contributed by atoms with Crippen molar-refractivity contribution in [1.29, 1.82) is 0 Å². The van der Waals surface area contributed by atoms with E-state index in [9.17, 15) is 0 Å². The molecular formula is C17H27NS. The molecule has 1 fully saturated rings. The zero-order chi connectivity index (χ0) is 13.3. The first-order chi connectivity index (χ1) is 9.40. The van der Waals surface area contributed by atoms with Gasteiger partial charge in [0.15, 0.2) is 0 Å². The van der Waals surface area contributed by atoms with Crippen LogP contribution >= 0.6 is 11.8 Å². The Morgan fingerprint density at radius 1 is 1.05 bits per heavy atom. The molecular weight excluding hydrogens is 250 g/mol. The molecule has 0 radical (unpaired) electrons. The van der Waals surface area contributed by atoms with Gasteiger partial charge < -0.3 is 5.32 Å². The highest BCUT2D eigenvalue weighted by Crippen LogP contribution is 2.32. The molecule has 2 heteroatoms. The van der Waals surface area contributed by atoms with Crippen LogP contribution in [0.2, 0.25) is 0 Å². The predicted molar refractivity (Wildman–Crippen MR) is 87.1 cm³/mol. The van der Waals surface area contributed by atoms with E-state index in [1.165, 1.54) is 50.8 Å². The molecule has 19 heavy (non-hydrogen) atoms. The summed E-state index contributed by atoms with van der Waals surface area (Å²) in [5, 5.41) is 3.74. The first-order valence-corrected chi connectivity index (χ1v) is 9.07. The summed E-state index contributed by atoms with van der Waals surface area (Å²) in [6, 6.07) is 11.8. The highest BCUT2D eigenvalue weighted by Gasteiger charge is 2.21. The number of benzene rings is 1. The van der Waals surface area contributed by atoms with Crippen LogP contribution in [0.25, 0.3) is 0 Å². The Bertz CT molecular complexity index is 330. The summed E-state index contributed by atoms with van der Waals surface area (Å²) in [4.78, 5) is 0. The van der Waals surface area contributed by atoms with Crippen LogP contribution in [-0.4, -0.2) is 24.6 Å². The van der Waals surface area contributed by atoms with E-state index in [2.05, 4.69) is 41.9 Å². The van der Waals surface area contributed by atoms with Crippen LogP contribution in [0, 0.1) is 0 Å². The number of thioether (sulfide) groups is 1. The van der Waals surface area contributed by atoms with Crippen LogP contribution in [0.5, 0.6) is 0 Å². The van der Waals surface area contributed by atoms with Crippen molar-refractivity contribution in [2.45, 2.75) is 50.5 Å². The van der Waals surface area contributed by atoms with Gasteiger partial charge in [-0.05, 0) is 68.6 Å². The van der Waals surface area contributed by atoms with Gasteiger partial charge in [0.1, 0.15) is 0 Å². The van der Waals surface area contributed by atoms with Crippen molar-refractivity contribution in [1.82, 2.24) is 5.32 Å². The number of rotatable bonds is 7. The summed E-state index contributed by atoms with van der Waals surface area (Å²) in [7, 11) is 0. The molecule has 0 spiro atoms. The molecule has 1 N–H and O–H groups in total. The Kier molecular flexibility index (Phi) is 6.80. The van der Waals surface area contributed by atoms with E-state index < -0.39 is 0 Å². The SMILES string of the molecule is CSCCCCNC1CCC(c2ccccc2)CC1. The van der Waals surface area contributed by atoms with E-state index >= 15 is 0 Å². The molecule has 1 aromatic carbocycles. The first-order valence-electron chi connectivity index (χ1n) is 7.67. The standard InChI is InChI=1S/C17H27NS/c1-19-14-6-5-13-18-17-11-9-16(10-12-17)15-7-3-2-4-8-15/h2-4,7-8,16-18H,5-6,9-14H2,1H3. The predicted octanol–water partition coefficient (Wildman–Crippen LogP) is 4.45. The third kappa shape index (κ3) is 5.19. The van der Waals surface area contributed by atoms with Gasteiger partial charge in [0.05, 0.1) is 0 Å². The van der Waals surface area contributed by atoms with Gasteiger partial charge >= 0.3 is 0 Å². The second-order valence-electron chi connectivity index (χ2n) is 5.61. The first kappa shape index (κ1) is 14.9. The summed E-state index contributed by atoms with van der Waals surface area (Å²) >= 11 is 1.96. The monoisotopic (exact) mass is 277 g/mol. The van der Waals surface area contributed by atoms with E-state index in [1.54, 1.807) is 5.56 Å². The average molecular weight is 277 g/mol. The fourth-order valence-corrected chi connectivity index (χ4v) is 3.53. The Labute approximate surface area is 122 Å². The summed E-state index contributed by atoms with van der Waals surface area (Å²) in [6.07, 6.45) is 10.3.